The average Bonchev–Trinajstić information content (AvgIpc) is 3.09. The second-order valence-corrected chi connectivity index (χ2v) is 7.74. The van der Waals surface area contributed by atoms with Crippen molar-refractivity contribution in [1.82, 2.24) is 4.98 Å². The van der Waals surface area contributed by atoms with Gasteiger partial charge in [-0.2, -0.15) is 0 Å². The molecule has 0 saturated heterocycles. The van der Waals surface area contributed by atoms with Crippen molar-refractivity contribution in [1.29, 1.82) is 0 Å². The van der Waals surface area contributed by atoms with Gasteiger partial charge in [0.2, 0.25) is 5.89 Å². The highest BCUT2D eigenvalue weighted by molar-refractivity contribution is 9.10. The van der Waals surface area contributed by atoms with Crippen molar-refractivity contribution in [2.75, 3.05) is 0 Å². The summed E-state index contributed by atoms with van der Waals surface area (Å²) in [7, 11) is 0. The van der Waals surface area contributed by atoms with Crippen LogP contribution in [0.1, 0.15) is 5.56 Å². The fourth-order valence-electron chi connectivity index (χ4n) is 2.63. The largest absolute Gasteiger partial charge is 0.436 e. The molecule has 0 bridgehead atoms. The summed E-state index contributed by atoms with van der Waals surface area (Å²) in [5.41, 5.74) is 3.98. The fourth-order valence-corrected chi connectivity index (χ4v) is 3.39. The highest BCUT2D eigenvalue weighted by atomic mass is 79.9. The summed E-state index contributed by atoms with van der Waals surface area (Å²) in [6.45, 7) is 0. The molecule has 0 unspecified atom stereocenters. The molecule has 4 rings (SSSR count). The first kappa shape index (κ1) is 18.9. The molecule has 28 heavy (non-hydrogen) atoms. The van der Waals surface area contributed by atoms with E-state index in [-0.39, 0.29) is 0 Å². The van der Waals surface area contributed by atoms with Crippen LogP contribution in [0.4, 0.5) is 5.69 Å². The summed E-state index contributed by atoms with van der Waals surface area (Å²) in [6.07, 6.45) is 5.64. The number of fused-ring (bicyclic) bond motifs is 1. The van der Waals surface area contributed by atoms with E-state index in [9.17, 15) is 0 Å². The lowest BCUT2D eigenvalue weighted by atomic mass is 10.2. The van der Waals surface area contributed by atoms with Crippen LogP contribution in [0.25, 0.3) is 28.6 Å². The van der Waals surface area contributed by atoms with Gasteiger partial charge in [0, 0.05) is 15.7 Å². The molecule has 0 aliphatic carbocycles. The lowest BCUT2D eigenvalue weighted by molar-refractivity contribution is 0.620. The van der Waals surface area contributed by atoms with E-state index in [1.807, 2.05) is 54.6 Å². The van der Waals surface area contributed by atoms with Gasteiger partial charge in [-0.1, -0.05) is 57.3 Å². The van der Waals surface area contributed by atoms with E-state index in [0.29, 0.717) is 32.6 Å². The topological polar surface area (TPSA) is 38.4 Å². The molecule has 3 aromatic carbocycles. The molecule has 0 aliphatic heterocycles. The van der Waals surface area contributed by atoms with E-state index in [0.717, 1.165) is 15.7 Å². The molecule has 0 atom stereocenters. The molecule has 0 N–H and O–H groups in total. The summed E-state index contributed by atoms with van der Waals surface area (Å²) >= 11 is 15.6. The molecule has 0 spiro atoms. The van der Waals surface area contributed by atoms with Crippen molar-refractivity contribution in [3.63, 3.8) is 0 Å². The fraction of sp³-hybridized carbons (Fsp3) is 0. The molecule has 0 radical (unpaired) electrons. The third kappa shape index (κ3) is 4.36. The number of benzene rings is 3. The third-order valence-electron chi connectivity index (χ3n) is 4.00. The monoisotopic (exact) mass is 470 g/mol. The molecule has 1 heterocycles. The molecule has 0 saturated carbocycles. The number of nitrogens with zero attached hydrogens (tertiary/aromatic N) is 2. The quantitative estimate of drug-likeness (QED) is 0.283. The van der Waals surface area contributed by atoms with Crippen molar-refractivity contribution in [3.8, 4) is 11.5 Å². The maximum absolute atomic E-state index is 6.25. The zero-order valence-electron chi connectivity index (χ0n) is 14.4. The SMILES string of the molecule is Clc1ccc(-c2nc3cc(N=CC=Cc4ccc(Br)cc4)ccc3o2)c(Cl)c1. The van der Waals surface area contributed by atoms with Crippen LogP contribution in [0.5, 0.6) is 0 Å². The van der Waals surface area contributed by atoms with Gasteiger partial charge in [0.1, 0.15) is 5.52 Å². The van der Waals surface area contributed by atoms with Gasteiger partial charge >= 0.3 is 0 Å². The third-order valence-corrected chi connectivity index (χ3v) is 5.08. The van der Waals surface area contributed by atoms with Crippen LogP contribution < -0.4 is 0 Å². The maximum atomic E-state index is 6.25. The molecular formula is C22H13BrCl2N2O. The Morgan fingerprint density at radius 2 is 1.79 bits per heavy atom. The van der Waals surface area contributed by atoms with Crippen LogP contribution in [0.2, 0.25) is 10.0 Å². The van der Waals surface area contributed by atoms with Crippen molar-refractivity contribution in [2.24, 2.45) is 4.99 Å². The zero-order chi connectivity index (χ0) is 19.5. The van der Waals surface area contributed by atoms with Crippen LogP contribution in [-0.2, 0) is 0 Å². The van der Waals surface area contributed by atoms with E-state index in [1.165, 1.54) is 0 Å². The molecule has 6 heteroatoms. The van der Waals surface area contributed by atoms with Crippen LogP contribution in [0, 0.1) is 0 Å². The summed E-state index contributed by atoms with van der Waals surface area (Å²) < 4.78 is 6.87. The summed E-state index contributed by atoms with van der Waals surface area (Å²) in [4.78, 5) is 8.98. The Balaban J connectivity index is 1.55. The predicted molar refractivity (Wildman–Crippen MR) is 121 cm³/mol. The van der Waals surface area contributed by atoms with E-state index < -0.39 is 0 Å². The number of oxazole rings is 1. The molecule has 0 amide bonds. The second-order valence-electron chi connectivity index (χ2n) is 5.98. The van der Waals surface area contributed by atoms with Gasteiger partial charge in [-0.3, -0.25) is 4.99 Å². The van der Waals surface area contributed by atoms with Crippen LogP contribution in [0.3, 0.4) is 0 Å². The Labute approximate surface area is 180 Å². The number of aliphatic imine (C=N–C) groups is 1. The van der Waals surface area contributed by atoms with Gasteiger partial charge in [-0.15, -0.1) is 0 Å². The second kappa shape index (κ2) is 8.31. The number of rotatable bonds is 4. The maximum Gasteiger partial charge on any atom is 0.228 e. The highest BCUT2D eigenvalue weighted by Gasteiger charge is 2.12. The van der Waals surface area contributed by atoms with Gasteiger partial charge in [0.15, 0.2) is 5.58 Å². The van der Waals surface area contributed by atoms with Crippen LogP contribution in [0.15, 0.2) is 80.6 Å². The molecule has 4 aromatic rings. The van der Waals surface area contributed by atoms with Gasteiger partial charge in [0.25, 0.3) is 0 Å². The van der Waals surface area contributed by atoms with Crippen molar-refractivity contribution >= 4 is 68.2 Å². The number of hydrogen-bond acceptors (Lipinski definition) is 3. The van der Waals surface area contributed by atoms with Crippen molar-refractivity contribution in [3.05, 3.63) is 86.8 Å². The predicted octanol–water partition coefficient (Wildman–Crippen LogP) is 7.98. The normalized spacial score (nSPS) is 11.8. The minimum absolute atomic E-state index is 0.452. The van der Waals surface area contributed by atoms with Gasteiger partial charge in [-0.25, -0.2) is 4.98 Å². The molecule has 138 valence electrons. The standard InChI is InChI=1S/C22H13BrCl2N2O/c23-15-5-3-14(4-6-15)2-1-11-26-17-8-10-21-20(13-17)27-22(28-21)18-9-7-16(24)12-19(18)25/h1-13H. The lowest BCUT2D eigenvalue weighted by Crippen LogP contribution is -1.79. The number of allylic oxidation sites excluding steroid dienone is 1. The lowest BCUT2D eigenvalue weighted by Gasteiger charge is -1.98. The molecular weight excluding hydrogens is 459 g/mol. The molecule has 1 aromatic heterocycles. The Kier molecular flexibility index (Phi) is 5.62. The minimum atomic E-state index is 0.452. The highest BCUT2D eigenvalue weighted by Crippen LogP contribution is 2.32. The first-order valence-electron chi connectivity index (χ1n) is 8.41. The Bertz CT molecular complexity index is 1200. The molecule has 0 aliphatic rings. The van der Waals surface area contributed by atoms with E-state index in [1.54, 1.807) is 24.4 Å². The van der Waals surface area contributed by atoms with Crippen molar-refractivity contribution < 1.29 is 4.42 Å². The summed E-state index contributed by atoms with van der Waals surface area (Å²) in [6, 6.07) is 18.9. The number of halogens is 3. The Morgan fingerprint density at radius 3 is 2.57 bits per heavy atom. The summed E-state index contributed by atoms with van der Waals surface area (Å²) in [5, 5.41) is 1.06. The van der Waals surface area contributed by atoms with Gasteiger partial charge < -0.3 is 4.42 Å². The van der Waals surface area contributed by atoms with Crippen LogP contribution >= 0.6 is 39.1 Å². The first-order valence-corrected chi connectivity index (χ1v) is 9.96. The minimum Gasteiger partial charge on any atom is -0.436 e. The number of hydrogen-bond donors (Lipinski definition) is 0. The molecule has 3 nitrogen and oxygen atoms in total. The molecule has 0 fully saturated rings. The van der Waals surface area contributed by atoms with E-state index >= 15 is 0 Å². The van der Waals surface area contributed by atoms with E-state index in [2.05, 4.69) is 25.9 Å². The van der Waals surface area contributed by atoms with Gasteiger partial charge in [0.05, 0.1) is 16.3 Å². The van der Waals surface area contributed by atoms with Gasteiger partial charge in [-0.05, 0) is 60.2 Å². The van der Waals surface area contributed by atoms with Crippen LogP contribution in [-0.4, -0.2) is 11.2 Å². The summed E-state index contributed by atoms with van der Waals surface area (Å²) in [5.74, 6) is 0.452. The smallest absolute Gasteiger partial charge is 0.228 e. The number of aromatic nitrogens is 1. The first-order chi connectivity index (χ1) is 13.6. The van der Waals surface area contributed by atoms with E-state index in [4.69, 9.17) is 27.6 Å². The average molecular weight is 472 g/mol. The zero-order valence-corrected chi connectivity index (χ0v) is 17.5. The Hall–Kier alpha value is -2.40. The van der Waals surface area contributed by atoms with Crippen molar-refractivity contribution in [2.45, 2.75) is 0 Å². The Morgan fingerprint density at radius 1 is 0.964 bits per heavy atom.